The number of carbonyl (C=O) groups is 3. The lowest BCUT2D eigenvalue weighted by molar-refractivity contribution is -0.142. The summed E-state index contributed by atoms with van der Waals surface area (Å²) in [4.78, 5) is 34.4. The maximum atomic E-state index is 12.2. The van der Waals surface area contributed by atoms with E-state index in [9.17, 15) is 19.5 Å². The second-order valence-corrected chi connectivity index (χ2v) is 5.87. The van der Waals surface area contributed by atoms with Gasteiger partial charge in [-0.15, -0.1) is 0 Å². The molecule has 6 nitrogen and oxygen atoms in total. The number of amides is 2. The van der Waals surface area contributed by atoms with Gasteiger partial charge in [0.15, 0.2) is 0 Å². The number of rotatable bonds is 4. The molecule has 0 aliphatic heterocycles. The first-order chi connectivity index (χ1) is 9.61. The van der Waals surface area contributed by atoms with Crippen molar-refractivity contribution in [2.24, 2.45) is 5.41 Å². The van der Waals surface area contributed by atoms with Crippen LogP contribution in [0, 0.1) is 5.41 Å². The average Bonchev–Trinajstić information content (AvgIpc) is 2.33. The number of carbonyl (C=O) groups excluding carboxylic acids is 2. The number of anilines is 1. The second-order valence-electron chi connectivity index (χ2n) is 5.87. The maximum Gasteiger partial charge on any atom is 0.326 e. The van der Waals surface area contributed by atoms with Crippen molar-refractivity contribution in [1.29, 1.82) is 0 Å². The molecule has 1 aromatic rings. The van der Waals surface area contributed by atoms with Gasteiger partial charge in [0.25, 0.3) is 5.91 Å². The van der Waals surface area contributed by atoms with Gasteiger partial charge in [0.1, 0.15) is 6.04 Å². The third-order valence-corrected chi connectivity index (χ3v) is 2.83. The number of aliphatic carboxylic acids is 1. The van der Waals surface area contributed by atoms with E-state index in [0.717, 1.165) is 0 Å². The Hall–Kier alpha value is -2.37. The van der Waals surface area contributed by atoms with E-state index in [1.54, 1.807) is 39.0 Å². The van der Waals surface area contributed by atoms with Crippen LogP contribution in [0.5, 0.6) is 0 Å². The standard InChI is InChI=1S/C15H20N2O4/c1-9(18)16-11-7-5-6-10(8-11)13(19)17-12(14(20)21)15(2,3)4/h5-8,12H,1-4H3,(H,16,18)(H,17,19)(H,20,21)/t12-/m0/s1. The van der Waals surface area contributed by atoms with E-state index in [-0.39, 0.29) is 11.5 Å². The van der Waals surface area contributed by atoms with Gasteiger partial charge in [0.2, 0.25) is 5.91 Å². The van der Waals surface area contributed by atoms with Gasteiger partial charge >= 0.3 is 5.97 Å². The molecule has 0 aliphatic rings. The lowest BCUT2D eigenvalue weighted by Gasteiger charge is -2.27. The summed E-state index contributed by atoms with van der Waals surface area (Å²) in [7, 11) is 0. The summed E-state index contributed by atoms with van der Waals surface area (Å²) in [6, 6.07) is 5.32. The van der Waals surface area contributed by atoms with E-state index in [0.29, 0.717) is 5.69 Å². The van der Waals surface area contributed by atoms with E-state index in [4.69, 9.17) is 0 Å². The van der Waals surface area contributed by atoms with E-state index in [1.165, 1.54) is 13.0 Å². The van der Waals surface area contributed by atoms with Gasteiger partial charge in [-0.1, -0.05) is 26.8 Å². The van der Waals surface area contributed by atoms with Gasteiger partial charge in [-0.3, -0.25) is 9.59 Å². The van der Waals surface area contributed by atoms with E-state index < -0.39 is 23.3 Å². The van der Waals surface area contributed by atoms with Crippen molar-refractivity contribution in [3.63, 3.8) is 0 Å². The lowest BCUT2D eigenvalue weighted by Crippen LogP contribution is -2.49. The van der Waals surface area contributed by atoms with Crippen LogP contribution in [0.2, 0.25) is 0 Å². The summed E-state index contributed by atoms with van der Waals surface area (Å²) in [6.07, 6.45) is 0. The Morgan fingerprint density at radius 1 is 1.19 bits per heavy atom. The smallest absolute Gasteiger partial charge is 0.326 e. The SMILES string of the molecule is CC(=O)Nc1cccc(C(=O)N[C@@H](C(=O)O)C(C)(C)C)c1. The van der Waals surface area contributed by atoms with Crippen LogP contribution in [0.3, 0.4) is 0 Å². The van der Waals surface area contributed by atoms with Crippen molar-refractivity contribution in [2.75, 3.05) is 5.32 Å². The Kier molecular flexibility index (Phi) is 5.07. The quantitative estimate of drug-likeness (QED) is 0.789. The van der Waals surface area contributed by atoms with Crippen molar-refractivity contribution < 1.29 is 19.5 Å². The molecule has 0 radical (unpaired) electrons. The third kappa shape index (κ3) is 4.91. The summed E-state index contributed by atoms with van der Waals surface area (Å²) < 4.78 is 0. The van der Waals surface area contributed by atoms with E-state index in [2.05, 4.69) is 10.6 Å². The fraction of sp³-hybridized carbons (Fsp3) is 0.400. The molecule has 0 spiro atoms. The van der Waals surface area contributed by atoms with E-state index >= 15 is 0 Å². The topological polar surface area (TPSA) is 95.5 Å². The number of hydrogen-bond donors (Lipinski definition) is 3. The van der Waals surface area contributed by atoms with Crippen LogP contribution >= 0.6 is 0 Å². The molecule has 0 saturated heterocycles. The van der Waals surface area contributed by atoms with Gasteiger partial charge < -0.3 is 15.7 Å². The molecule has 3 N–H and O–H groups in total. The Labute approximate surface area is 123 Å². The fourth-order valence-corrected chi connectivity index (χ4v) is 1.80. The Balaban J connectivity index is 2.93. The van der Waals surface area contributed by atoms with Gasteiger partial charge in [-0.2, -0.15) is 0 Å². The third-order valence-electron chi connectivity index (χ3n) is 2.83. The van der Waals surface area contributed by atoms with Gasteiger partial charge in [0, 0.05) is 18.2 Å². The minimum Gasteiger partial charge on any atom is -0.480 e. The van der Waals surface area contributed by atoms with Gasteiger partial charge in [-0.05, 0) is 23.6 Å². The Morgan fingerprint density at radius 3 is 2.29 bits per heavy atom. The molecule has 0 fully saturated rings. The first kappa shape index (κ1) is 16.7. The zero-order valence-electron chi connectivity index (χ0n) is 12.6. The zero-order valence-corrected chi connectivity index (χ0v) is 12.6. The first-order valence-electron chi connectivity index (χ1n) is 6.52. The fourth-order valence-electron chi connectivity index (χ4n) is 1.80. The van der Waals surface area contributed by atoms with Crippen molar-refractivity contribution in [2.45, 2.75) is 33.7 Å². The van der Waals surface area contributed by atoms with Crippen LogP contribution in [-0.4, -0.2) is 28.9 Å². The molecule has 6 heteroatoms. The average molecular weight is 292 g/mol. The molecule has 0 unspecified atom stereocenters. The summed E-state index contributed by atoms with van der Waals surface area (Å²) in [5, 5.41) is 14.3. The molecule has 1 aromatic carbocycles. The maximum absolute atomic E-state index is 12.2. The molecule has 1 atom stereocenters. The van der Waals surface area contributed by atoms with Crippen LogP contribution in [0.25, 0.3) is 0 Å². The van der Waals surface area contributed by atoms with Crippen LogP contribution in [0.15, 0.2) is 24.3 Å². The normalized spacial score (nSPS) is 12.4. The summed E-state index contributed by atoms with van der Waals surface area (Å²) in [6.45, 7) is 6.58. The van der Waals surface area contributed by atoms with E-state index in [1.807, 2.05) is 0 Å². The molecule has 1 rings (SSSR count). The molecule has 0 aliphatic carbocycles. The lowest BCUT2D eigenvalue weighted by atomic mass is 9.86. The molecule has 0 heterocycles. The van der Waals surface area contributed by atoms with Crippen LogP contribution < -0.4 is 10.6 Å². The Morgan fingerprint density at radius 2 is 1.81 bits per heavy atom. The highest BCUT2D eigenvalue weighted by molar-refractivity contribution is 5.98. The van der Waals surface area contributed by atoms with Crippen LogP contribution in [0.1, 0.15) is 38.1 Å². The number of hydrogen-bond acceptors (Lipinski definition) is 3. The number of nitrogens with one attached hydrogen (secondary N) is 2. The summed E-state index contributed by atoms with van der Waals surface area (Å²) >= 11 is 0. The molecule has 21 heavy (non-hydrogen) atoms. The number of benzene rings is 1. The number of carboxylic acids is 1. The molecule has 2 amide bonds. The summed E-state index contributed by atoms with van der Waals surface area (Å²) in [5.41, 5.74) is 0.158. The first-order valence-corrected chi connectivity index (χ1v) is 6.52. The molecule has 0 aromatic heterocycles. The highest BCUT2D eigenvalue weighted by Gasteiger charge is 2.32. The predicted molar refractivity (Wildman–Crippen MR) is 79.1 cm³/mol. The van der Waals surface area contributed by atoms with Crippen molar-refractivity contribution in [3.05, 3.63) is 29.8 Å². The van der Waals surface area contributed by atoms with Crippen LogP contribution in [-0.2, 0) is 9.59 Å². The largest absolute Gasteiger partial charge is 0.480 e. The number of carboxylic acid groups (broad SMARTS) is 1. The highest BCUT2D eigenvalue weighted by atomic mass is 16.4. The predicted octanol–water partition coefficient (Wildman–Crippen LogP) is 1.87. The van der Waals surface area contributed by atoms with Crippen molar-refractivity contribution >= 4 is 23.5 Å². The Bertz CT molecular complexity index is 561. The molecular formula is C15H20N2O4. The van der Waals surface area contributed by atoms with Gasteiger partial charge in [0.05, 0.1) is 0 Å². The summed E-state index contributed by atoms with van der Waals surface area (Å²) in [5.74, 6) is -1.83. The second kappa shape index (κ2) is 6.39. The molecule has 0 saturated carbocycles. The zero-order chi connectivity index (χ0) is 16.2. The molecular weight excluding hydrogens is 272 g/mol. The van der Waals surface area contributed by atoms with Gasteiger partial charge in [-0.25, -0.2) is 4.79 Å². The molecule has 114 valence electrons. The van der Waals surface area contributed by atoms with Crippen molar-refractivity contribution in [1.82, 2.24) is 5.32 Å². The minimum atomic E-state index is -1.09. The monoisotopic (exact) mass is 292 g/mol. The highest BCUT2D eigenvalue weighted by Crippen LogP contribution is 2.20. The van der Waals surface area contributed by atoms with Crippen molar-refractivity contribution in [3.8, 4) is 0 Å². The van der Waals surface area contributed by atoms with Crippen LogP contribution in [0.4, 0.5) is 5.69 Å². The minimum absolute atomic E-state index is 0.245. The molecule has 0 bridgehead atoms.